The number of anilines is 3. The van der Waals surface area contributed by atoms with Gasteiger partial charge in [-0.05, 0) is 71.8 Å². The first-order valence-corrected chi connectivity index (χ1v) is 21.8. The van der Waals surface area contributed by atoms with Crippen LogP contribution in [0.4, 0.5) is 17.1 Å². The number of para-hydroxylation sites is 7. The first-order chi connectivity index (χ1) is 31.8. The Bertz CT molecular complexity index is 3910. The summed E-state index contributed by atoms with van der Waals surface area (Å²) in [5.41, 5.74) is 16.5. The van der Waals surface area contributed by atoms with E-state index in [1.54, 1.807) is 0 Å². The quantitative estimate of drug-likeness (QED) is 0.161. The van der Waals surface area contributed by atoms with E-state index >= 15 is 0 Å². The molecule has 0 unspecified atom stereocenters. The summed E-state index contributed by atoms with van der Waals surface area (Å²) in [5.74, 6) is 0. The third kappa shape index (κ3) is 5.63. The van der Waals surface area contributed by atoms with Crippen molar-refractivity contribution < 1.29 is 8.83 Å². The van der Waals surface area contributed by atoms with Crippen molar-refractivity contribution in [2.45, 2.75) is 0 Å². The highest BCUT2D eigenvalue weighted by atomic mass is 16.3. The molecule has 4 nitrogen and oxygen atoms in total. The molecule has 4 heteroatoms. The zero-order valence-corrected chi connectivity index (χ0v) is 34.7. The van der Waals surface area contributed by atoms with Gasteiger partial charge in [0.05, 0.1) is 22.4 Å². The van der Waals surface area contributed by atoms with Crippen molar-refractivity contribution in [3.63, 3.8) is 0 Å². The van der Waals surface area contributed by atoms with Gasteiger partial charge in [-0.2, -0.15) is 0 Å². The molecule has 0 atom stereocenters. The number of aromatic nitrogens is 1. The molecule has 13 rings (SSSR count). The highest BCUT2D eigenvalue weighted by Gasteiger charge is 2.23. The van der Waals surface area contributed by atoms with Gasteiger partial charge in [-0.15, -0.1) is 0 Å². The second-order valence-electron chi connectivity index (χ2n) is 16.4. The number of fused-ring (bicyclic) bond motifs is 9. The molecule has 0 saturated carbocycles. The van der Waals surface area contributed by atoms with Crippen LogP contribution in [0.3, 0.4) is 0 Å². The Labute approximate surface area is 369 Å². The van der Waals surface area contributed by atoms with E-state index in [0.717, 1.165) is 111 Å². The topological polar surface area (TPSA) is 34.5 Å². The Morgan fingerprint density at radius 3 is 1.62 bits per heavy atom. The van der Waals surface area contributed by atoms with Crippen LogP contribution in [-0.4, -0.2) is 4.57 Å². The lowest BCUT2D eigenvalue weighted by molar-refractivity contribution is 0.670. The Morgan fingerprint density at radius 2 is 0.875 bits per heavy atom. The summed E-state index contributed by atoms with van der Waals surface area (Å²) >= 11 is 0. The molecule has 0 bridgehead atoms. The minimum absolute atomic E-state index is 0.860. The fraction of sp³-hybridized carbons (Fsp3) is 0. The van der Waals surface area contributed by atoms with Crippen molar-refractivity contribution in [1.29, 1.82) is 0 Å². The molecule has 64 heavy (non-hydrogen) atoms. The molecule has 3 aromatic heterocycles. The highest BCUT2D eigenvalue weighted by Crippen LogP contribution is 2.46. The third-order valence-electron chi connectivity index (χ3n) is 12.8. The first kappa shape index (κ1) is 36.1. The average Bonchev–Trinajstić information content (AvgIpc) is 4.04. The zero-order valence-electron chi connectivity index (χ0n) is 34.7. The van der Waals surface area contributed by atoms with E-state index in [1.165, 1.54) is 10.8 Å². The molecule has 13 aromatic rings. The van der Waals surface area contributed by atoms with Gasteiger partial charge in [-0.3, -0.25) is 0 Å². The lowest BCUT2D eigenvalue weighted by atomic mass is 9.95. The van der Waals surface area contributed by atoms with E-state index in [4.69, 9.17) is 8.83 Å². The van der Waals surface area contributed by atoms with Crippen LogP contribution in [0.2, 0.25) is 0 Å². The average molecular weight is 819 g/mol. The van der Waals surface area contributed by atoms with Crippen molar-refractivity contribution in [3.05, 3.63) is 231 Å². The molecule has 0 fully saturated rings. The summed E-state index contributed by atoms with van der Waals surface area (Å²) in [6, 6.07) is 82.2. The van der Waals surface area contributed by atoms with E-state index in [1.807, 2.05) is 18.2 Å². The van der Waals surface area contributed by atoms with Gasteiger partial charge in [-0.1, -0.05) is 170 Å². The van der Waals surface area contributed by atoms with Gasteiger partial charge in [0.15, 0.2) is 0 Å². The Kier molecular flexibility index (Phi) is 8.18. The van der Waals surface area contributed by atoms with Crippen molar-refractivity contribution in [2.75, 3.05) is 4.90 Å². The minimum Gasteiger partial charge on any atom is -0.455 e. The van der Waals surface area contributed by atoms with Gasteiger partial charge in [0.2, 0.25) is 0 Å². The number of nitrogens with zero attached hydrogens (tertiary/aromatic N) is 2. The molecular weight excluding hydrogens is 781 g/mol. The van der Waals surface area contributed by atoms with Crippen LogP contribution in [0.1, 0.15) is 0 Å². The fourth-order valence-electron chi connectivity index (χ4n) is 9.94. The highest BCUT2D eigenvalue weighted by molar-refractivity contribution is 6.14. The van der Waals surface area contributed by atoms with E-state index < -0.39 is 0 Å². The normalized spacial score (nSPS) is 11.8. The first-order valence-electron chi connectivity index (χ1n) is 21.8. The Balaban J connectivity index is 1.10. The molecule has 0 aliphatic carbocycles. The van der Waals surface area contributed by atoms with Crippen LogP contribution in [-0.2, 0) is 0 Å². The monoisotopic (exact) mass is 818 g/mol. The SMILES string of the molecule is c1ccc(-c2ccccc2N(c2ccccc2)c2ccc3c4ccccc4n(-c4ccc(-c5cccc6c5oc5ccccc56)cc4-c4cccc5c4oc4ccccc45)c3c2)cc1. The summed E-state index contributed by atoms with van der Waals surface area (Å²) in [7, 11) is 0. The molecule has 0 aliphatic rings. The Hall–Kier alpha value is -8.60. The molecule has 10 aromatic carbocycles. The van der Waals surface area contributed by atoms with Crippen LogP contribution in [0.5, 0.6) is 0 Å². The molecule has 0 radical (unpaired) electrons. The van der Waals surface area contributed by atoms with Gasteiger partial charge in [0.1, 0.15) is 22.3 Å². The number of hydrogen-bond donors (Lipinski definition) is 0. The van der Waals surface area contributed by atoms with Crippen LogP contribution < -0.4 is 4.90 Å². The van der Waals surface area contributed by atoms with Crippen LogP contribution in [0.25, 0.3) is 105 Å². The fourth-order valence-corrected chi connectivity index (χ4v) is 9.94. The van der Waals surface area contributed by atoms with Crippen LogP contribution in [0.15, 0.2) is 239 Å². The summed E-state index contributed by atoms with van der Waals surface area (Å²) < 4.78 is 15.9. The van der Waals surface area contributed by atoms with E-state index in [-0.39, 0.29) is 0 Å². The van der Waals surface area contributed by atoms with E-state index in [2.05, 4.69) is 222 Å². The maximum Gasteiger partial charge on any atom is 0.143 e. The molecule has 0 N–H and O–H groups in total. The van der Waals surface area contributed by atoms with Crippen molar-refractivity contribution in [3.8, 4) is 39.1 Å². The maximum absolute atomic E-state index is 6.80. The smallest absolute Gasteiger partial charge is 0.143 e. The van der Waals surface area contributed by atoms with Gasteiger partial charge in [-0.25, -0.2) is 0 Å². The maximum atomic E-state index is 6.80. The van der Waals surface area contributed by atoms with Crippen LogP contribution in [0, 0.1) is 0 Å². The lowest BCUT2D eigenvalue weighted by Gasteiger charge is -2.28. The summed E-state index contributed by atoms with van der Waals surface area (Å²) in [5, 5.41) is 6.76. The van der Waals surface area contributed by atoms with Gasteiger partial charge < -0.3 is 18.3 Å². The molecule has 0 aliphatic heterocycles. The standard InChI is InChI=1S/C60H38N2O2/c1-3-17-39(18-4-1)43-21-7-11-29-53(43)61(41-19-5-2-6-20-41)42-34-35-46-45-22-8-12-30-54(45)62(56(46)38-42)55-36-33-40(44-25-15-26-49-47-23-9-13-31-57(47)63-59(44)49)37-52(55)51-28-16-27-50-48-24-10-14-32-58(48)64-60(50)51/h1-38H. The summed E-state index contributed by atoms with van der Waals surface area (Å²) in [6.45, 7) is 0. The molecule has 3 heterocycles. The third-order valence-corrected chi connectivity index (χ3v) is 12.8. The zero-order chi connectivity index (χ0) is 42.1. The molecular formula is C60H38N2O2. The Morgan fingerprint density at radius 1 is 0.312 bits per heavy atom. The molecule has 0 saturated heterocycles. The number of hydrogen-bond acceptors (Lipinski definition) is 3. The van der Waals surface area contributed by atoms with E-state index in [9.17, 15) is 0 Å². The minimum atomic E-state index is 0.860. The number of furan rings is 2. The number of rotatable bonds is 7. The van der Waals surface area contributed by atoms with Gasteiger partial charge >= 0.3 is 0 Å². The largest absolute Gasteiger partial charge is 0.455 e. The lowest BCUT2D eigenvalue weighted by Crippen LogP contribution is -2.11. The molecule has 0 spiro atoms. The van der Waals surface area contributed by atoms with E-state index in [0.29, 0.717) is 0 Å². The summed E-state index contributed by atoms with van der Waals surface area (Å²) in [6.07, 6.45) is 0. The summed E-state index contributed by atoms with van der Waals surface area (Å²) in [4.78, 5) is 2.39. The van der Waals surface area contributed by atoms with Crippen molar-refractivity contribution >= 4 is 82.7 Å². The van der Waals surface area contributed by atoms with Gasteiger partial charge in [0.25, 0.3) is 0 Å². The van der Waals surface area contributed by atoms with Gasteiger partial charge in [0, 0.05) is 65.9 Å². The van der Waals surface area contributed by atoms with Crippen molar-refractivity contribution in [2.24, 2.45) is 0 Å². The molecule has 0 amide bonds. The van der Waals surface area contributed by atoms with Crippen molar-refractivity contribution in [1.82, 2.24) is 4.57 Å². The number of benzene rings is 10. The second-order valence-corrected chi connectivity index (χ2v) is 16.4. The second kappa shape index (κ2) is 14.5. The predicted octanol–water partition coefficient (Wildman–Crippen LogP) is 17.1. The predicted molar refractivity (Wildman–Crippen MR) is 266 cm³/mol. The molecule has 300 valence electrons. The van der Waals surface area contributed by atoms with Crippen LogP contribution >= 0.6 is 0 Å².